The van der Waals surface area contributed by atoms with Gasteiger partial charge >= 0.3 is 0 Å². The molecule has 1 heterocycles. The molecule has 2 aromatic rings. The van der Waals surface area contributed by atoms with Crippen LogP contribution in [0.1, 0.15) is 47.5 Å². The lowest BCUT2D eigenvalue weighted by molar-refractivity contribution is -0.137. The molecule has 2 fully saturated rings. The quantitative estimate of drug-likeness (QED) is 0.521. The minimum atomic E-state index is -0.515. The number of hydrogen-bond acceptors (Lipinski definition) is 4. The number of carbonyl (C=O) groups is 2. The van der Waals surface area contributed by atoms with E-state index in [1.54, 1.807) is 17.0 Å². The molecule has 7 heteroatoms. The zero-order valence-electron chi connectivity index (χ0n) is 18.8. The van der Waals surface area contributed by atoms with Crippen LogP contribution >= 0.6 is 11.6 Å². The molecule has 4 rings (SSSR count). The molecule has 0 radical (unpaired) electrons. The van der Waals surface area contributed by atoms with Crippen molar-refractivity contribution in [3.63, 3.8) is 0 Å². The van der Waals surface area contributed by atoms with Crippen LogP contribution in [0.3, 0.4) is 0 Å². The molecular weight excluding hydrogens is 438 g/mol. The highest BCUT2D eigenvalue weighted by atomic mass is 35.5. The Labute approximate surface area is 200 Å². The average Bonchev–Trinajstić information content (AvgIpc) is 3.63. The Bertz CT molecular complexity index is 916. The highest BCUT2D eigenvalue weighted by molar-refractivity contribution is 6.30. The maximum absolute atomic E-state index is 13.1. The van der Waals surface area contributed by atoms with Gasteiger partial charge in [-0.1, -0.05) is 41.9 Å². The second-order valence-electron chi connectivity index (χ2n) is 8.78. The number of benzene rings is 2. The molecule has 1 saturated heterocycles. The zero-order valence-corrected chi connectivity index (χ0v) is 19.6. The minimum absolute atomic E-state index is 0.0134. The lowest BCUT2D eigenvalue weighted by atomic mass is 10.1. The monoisotopic (exact) mass is 469 g/mol. The molecule has 3 atom stereocenters. The molecule has 1 aliphatic heterocycles. The van der Waals surface area contributed by atoms with Crippen LogP contribution in [-0.2, 0) is 9.53 Å². The van der Waals surface area contributed by atoms with Gasteiger partial charge in [0, 0.05) is 35.6 Å². The molecule has 2 aromatic carbocycles. The lowest BCUT2D eigenvalue weighted by Gasteiger charge is -2.30. The van der Waals surface area contributed by atoms with Crippen molar-refractivity contribution in [2.75, 3.05) is 32.8 Å². The Morgan fingerprint density at radius 2 is 1.76 bits per heavy atom. The van der Waals surface area contributed by atoms with Crippen molar-refractivity contribution in [1.29, 1.82) is 0 Å². The van der Waals surface area contributed by atoms with Crippen LogP contribution in [0.5, 0.6) is 0 Å². The van der Waals surface area contributed by atoms with Gasteiger partial charge in [-0.3, -0.25) is 9.59 Å². The SMILES string of the molecule is O=C(NC(CCCCNC1CC1c1ccc(Cl)cc1)C(=O)N1CCOCC1)c1ccccc1. The number of rotatable bonds is 10. The number of ether oxygens (including phenoxy) is 1. The van der Waals surface area contributed by atoms with E-state index in [-0.39, 0.29) is 11.8 Å². The summed E-state index contributed by atoms with van der Waals surface area (Å²) in [7, 11) is 0. The fraction of sp³-hybridized carbons (Fsp3) is 0.462. The van der Waals surface area contributed by atoms with Crippen LogP contribution in [0, 0.1) is 0 Å². The van der Waals surface area contributed by atoms with Gasteiger partial charge in [0.05, 0.1) is 13.2 Å². The summed E-state index contributed by atoms with van der Waals surface area (Å²) >= 11 is 5.98. The molecule has 2 amide bonds. The fourth-order valence-electron chi connectivity index (χ4n) is 4.35. The molecule has 1 saturated carbocycles. The predicted octanol–water partition coefficient (Wildman–Crippen LogP) is 3.61. The topological polar surface area (TPSA) is 70.7 Å². The molecule has 33 heavy (non-hydrogen) atoms. The summed E-state index contributed by atoms with van der Waals surface area (Å²) in [5.41, 5.74) is 1.90. The Kier molecular flexibility index (Phi) is 8.37. The lowest BCUT2D eigenvalue weighted by Crippen LogP contribution is -2.51. The second-order valence-corrected chi connectivity index (χ2v) is 9.22. The highest BCUT2D eigenvalue weighted by Crippen LogP contribution is 2.40. The van der Waals surface area contributed by atoms with Crippen molar-refractivity contribution in [1.82, 2.24) is 15.5 Å². The number of hydrogen-bond donors (Lipinski definition) is 2. The van der Waals surface area contributed by atoms with E-state index in [0.29, 0.717) is 50.2 Å². The Morgan fingerprint density at radius 1 is 1.03 bits per heavy atom. The first-order valence-electron chi connectivity index (χ1n) is 11.8. The number of halogens is 1. The van der Waals surface area contributed by atoms with E-state index < -0.39 is 6.04 Å². The molecule has 0 aromatic heterocycles. The van der Waals surface area contributed by atoms with Crippen LogP contribution in [0.2, 0.25) is 5.02 Å². The second kappa shape index (κ2) is 11.6. The molecule has 0 spiro atoms. The third-order valence-corrected chi connectivity index (χ3v) is 6.63. The Balaban J connectivity index is 1.24. The first-order valence-corrected chi connectivity index (χ1v) is 12.2. The summed E-state index contributed by atoms with van der Waals surface area (Å²) < 4.78 is 5.37. The van der Waals surface area contributed by atoms with Gasteiger partial charge in [0.1, 0.15) is 6.04 Å². The van der Waals surface area contributed by atoms with E-state index in [4.69, 9.17) is 16.3 Å². The van der Waals surface area contributed by atoms with Crippen molar-refractivity contribution in [2.24, 2.45) is 0 Å². The number of morpholine rings is 1. The highest BCUT2D eigenvalue weighted by Gasteiger charge is 2.37. The number of nitrogens with one attached hydrogen (secondary N) is 2. The third-order valence-electron chi connectivity index (χ3n) is 6.38. The largest absolute Gasteiger partial charge is 0.378 e. The van der Waals surface area contributed by atoms with Crippen molar-refractivity contribution in [3.8, 4) is 0 Å². The van der Waals surface area contributed by atoms with Gasteiger partial charge in [-0.15, -0.1) is 0 Å². The molecule has 176 valence electrons. The van der Waals surface area contributed by atoms with E-state index in [9.17, 15) is 9.59 Å². The fourth-order valence-corrected chi connectivity index (χ4v) is 4.48. The zero-order chi connectivity index (χ0) is 23.0. The first-order chi connectivity index (χ1) is 16.1. The van der Waals surface area contributed by atoms with Crippen molar-refractivity contribution in [3.05, 3.63) is 70.7 Å². The molecule has 6 nitrogen and oxygen atoms in total. The summed E-state index contributed by atoms with van der Waals surface area (Å²) in [4.78, 5) is 27.6. The summed E-state index contributed by atoms with van der Waals surface area (Å²) in [5.74, 6) is 0.340. The number of unbranched alkanes of at least 4 members (excludes halogenated alkanes) is 1. The van der Waals surface area contributed by atoms with Crippen molar-refractivity contribution >= 4 is 23.4 Å². The van der Waals surface area contributed by atoms with Crippen LogP contribution in [0.15, 0.2) is 54.6 Å². The maximum atomic E-state index is 13.1. The van der Waals surface area contributed by atoms with Gasteiger partial charge in [-0.05, 0) is 62.1 Å². The van der Waals surface area contributed by atoms with Gasteiger partial charge in [0.2, 0.25) is 5.91 Å². The summed E-state index contributed by atoms with van der Waals surface area (Å²) in [5, 5.41) is 7.36. The molecular formula is C26H32ClN3O3. The Morgan fingerprint density at radius 3 is 2.48 bits per heavy atom. The number of nitrogens with zero attached hydrogens (tertiary/aromatic N) is 1. The normalized spacial score (nSPS) is 20.8. The molecule has 3 unspecified atom stereocenters. The summed E-state index contributed by atoms with van der Waals surface area (Å²) in [6.45, 7) is 3.15. The van der Waals surface area contributed by atoms with Gasteiger partial charge < -0.3 is 20.3 Å². The molecule has 1 aliphatic carbocycles. The van der Waals surface area contributed by atoms with Gasteiger partial charge in [0.15, 0.2) is 0 Å². The van der Waals surface area contributed by atoms with Crippen molar-refractivity contribution < 1.29 is 14.3 Å². The van der Waals surface area contributed by atoms with Crippen LogP contribution < -0.4 is 10.6 Å². The van der Waals surface area contributed by atoms with E-state index >= 15 is 0 Å². The predicted molar refractivity (Wildman–Crippen MR) is 130 cm³/mol. The van der Waals surface area contributed by atoms with Gasteiger partial charge in [0.25, 0.3) is 5.91 Å². The number of carbonyl (C=O) groups excluding carboxylic acids is 2. The van der Waals surface area contributed by atoms with E-state index in [1.807, 2.05) is 30.3 Å². The molecule has 2 aliphatic rings. The minimum Gasteiger partial charge on any atom is -0.378 e. The maximum Gasteiger partial charge on any atom is 0.251 e. The van der Waals surface area contributed by atoms with Crippen molar-refractivity contribution in [2.45, 2.75) is 43.7 Å². The van der Waals surface area contributed by atoms with Gasteiger partial charge in [-0.2, -0.15) is 0 Å². The molecule has 2 N–H and O–H groups in total. The standard InChI is InChI=1S/C26H32ClN3O3/c27-21-11-9-19(10-12-21)22-18-24(22)28-13-5-4-8-23(26(32)30-14-16-33-17-15-30)29-25(31)20-6-2-1-3-7-20/h1-3,6-7,9-12,22-24,28H,4-5,8,13-18H2,(H,29,31). The number of amides is 2. The van der Waals surface area contributed by atoms with E-state index in [2.05, 4.69) is 22.8 Å². The Hall–Kier alpha value is -2.41. The third kappa shape index (κ3) is 6.79. The first kappa shape index (κ1) is 23.7. The molecule has 0 bridgehead atoms. The summed E-state index contributed by atoms with van der Waals surface area (Å²) in [6.07, 6.45) is 3.59. The van der Waals surface area contributed by atoms with Crippen LogP contribution in [-0.4, -0.2) is 61.6 Å². The van der Waals surface area contributed by atoms with E-state index in [0.717, 1.165) is 30.8 Å². The smallest absolute Gasteiger partial charge is 0.251 e. The average molecular weight is 470 g/mol. The van der Waals surface area contributed by atoms with Crippen LogP contribution in [0.4, 0.5) is 0 Å². The summed E-state index contributed by atoms with van der Waals surface area (Å²) in [6, 6.07) is 17.2. The van der Waals surface area contributed by atoms with Crippen LogP contribution in [0.25, 0.3) is 0 Å². The van der Waals surface area contributed by atoms with Gasteiger partial charge in [-0.25, -0.2) is 0 Å². The van der Waals surface area contributed by atoms with E-state index in [1.165, 1.54) is 5.56 Å².